The Hall–Kier alpha value is -2.13. The summed E-state index contributed by atoms with van der Waals surface area (Å²) in [5, 5.41) is 0.0729. The van der Waals surface area contributed by atoms with Gasteiger partial charge in [0.2, 0.25) is 10.0 Å². The lowest BCUT2D eigenvalue weighted by Gasteiger charge is -2.26. The van der Waals surface area contributed by atoms with Gasteiger partial charge in [0.25, 0.3) is 5.91 Å². The van der Waals surface area contributed by atoms with E-state index in [-0.39, 0.29) is 27.5 Å². The van der Waals surface area contributed by atoms with E-state index in [4.69, 9.17) is 21.1 Å². The Bertz CT molecular complexity index is 1040. The Kier molecular flexibility index (Phi) is 7.59. The number of carbonyl (C=O) groups is 1. The van der Waals surface area contributed by atoms with Crippen molar-refractivity contribution in [3.05, 3.63) is 58.6 Å². The van der Waals surface area contributed by atoms with E-state index < -0.39 is 10.0 Å². The van der Waals surface area contributed by atoms with E-state index in [1.807, 2.05) is 24.3 Å². The van der Waals surface area contributed by atoms with Crippen LogP contribution in [0.2, 0.25) is 5.02 Å². The second kappa shape index (κ2) is 9.99. The maximum absolute atomic E-state index is 13.4. The highest BCUT2D eigenvalue weighted by Gasteiger charge is 2.27. The minimum atomic E-state index is -3.79. The molecule has 1 atom stereocenters. The van der Waals surface area contributed by atoms with E-state index in [9.17, 15) is 13.2 Å². The van der Waals surface area contributed by atoms with E-state index in [0.29, 0.717) is 25.4 Å². The molecule has 0 saturated carbocycles. The Balaban J connectivity index is 1.93. The average molecular weight is 467 g/mol. The van der Waals surface area contributed by atoms with Crippen molar-refractivity contribution < 1.29 is 22.7 Å². The Morgan fingerprint density at radius 1 is 1.23 bits per heavy atom. The number of halogens is 1. The molecule has 2 aromatic rings. The molecule has 1 unspecified atom stereocenters. The molecule has 1 aliphatic heterocycles. The molecule has 3 rings (SSSR count). The summed E-state index contributed by atoms with van der Waals surface area (Å²) in [6.07, 6.45) is 1.78. The van der Waals surface area contributed by atoms with Gasteiger partial charge in [-0.2, -0.15) is 0 Å². The quantitative estimate of drug-likeness (QED) is 0.595. The summed E-state index contributed by atoms with van der Waals surface area (Å²) < 4.78 is 37.3. The van der Waals surface area contributed by atoms with Gasteiger partial charge in [-0.05, 0) is 48.7 Å². The summed E-state index contributed by atoms with van der Waals surface area (Å²) >= 11 is 6.15. The van der Waals surface area contributed by atoms with Gasteiger partial charge in [0.1, 0.15) is 10.6 Å². The highest BCUT2D eigenvalue weighted by molar-refractivity contribution is 7.89. The summed E-state index contributed by atoms with van der Waals surface area (Å²) in [5.74, 6) is 0.415. The van der Waals surface area contributed by atoms with Crippen molar-refractivity contribution in [2.75, 3.05) is 34.4 Å². The predicted octanol–water partition coefficient (Wildman–Crippen LogP) is 3.42. The number of methoxy groups -OCH3 is 1. The molecule has 9 heteroatoms. The monoisotopic (exact) mass is 466 g/mol. The molecule has 1 aliphatic rings. The van der Waals surface area contributed by atoms with Crippen molar-refractivity contribution in [1.82, 2.24) is 9.21 Å². The van der Waals surface area contributed by atoms with Crippen molar-refractivity contribution in [3.63, 3.8) is 0 Å². The first-order valence-corrected chi connectivity index (χ1v) is 11.8. The zero-order chi connectivity index (χ0) is 22.6. The zero-order valence-corrected chi connectivity index (χ0v) is 19.4. The molecule has 0 spiro atoms. The number of sulfonamides is 1. The summed E-state index contributed by atoms with van der Waals surface area (Å²) in [6.45, 7) is 1.43. The van der Waals surface area contributed by atoms with E-state index in [1.54, 1.807) is 18.1 Å². The van der Waals surface area contributed by atoms with Crippen molar-refractivity contribution in [2.24, 2.45) is 0 Å². The zero-order valence-electron chi connectivity index (χ0n) is 17.9. The van der Waals surface area contributed by atoms with Crippen LogP contribution in [0.25, 0.3) is 0 Å². The normalized spacial score (nSPS) is 16.5. The molecule has 2 aromatic carbocycles. The lowest BCUT2D eigenvalue weighted by atomic mass is 10.1. The molecular weight excluding hydrogens is 440 g/mol. The fraction of sp³-hybridized carbons (Fsp3) is 0.409. The van der Waals surface area contributed by atoms with Gasteiger partial charge in [-0.15, -0.1) is 0 Å². The third-order valence-corrected chi connectivity index (χ3v) is 7.48. The van der Waals surface area contributed by atoms with Gasteiger partial charge < -0.3 is 14.4 Å². The van der Waals surface area contributed by atoms with E-state index in [2.05, 4.69) is 0 Å². The first-order valence-electron chi connectivity index (χ1n) is 9.98. The third kappa shape index (κ3) is 5.57. The van der Waals surface area contributed by atoms with Gasteiger partial charge >= 0.3 is 0 Å². The van der Waals surface area contributed by atoms with Gasteiger partial charge in [-0.1, -0.05) is 23.7 Å². The summed E-state index contributed by atoms with van der Waals surface area (Å²) in [5.41, 5.74) is 1.16. The summed E-state index contributed by atoms with van der Waals surface area (Å²) in [4.78, 5) is 15.0. The number of nitrogens with zero attached hydrogens (tertiary/aromatic N) is 2. The van der Waals surface area contributed by atoms with Crippen LogP contribution in [0.3, 0.4) is 0 Å². The molecule has 0 aromatic heterocycles. The van der Waals surface area contributed by atoms with Gasteiger partial charge in [0.15, 0.2) is 0 Å². The van der Waals surface area contributed by atoms with Gasteiger partial charge in [-0.25, -0.2) is 12.7 Å². The fourth-order valence-corrected chi connectivity index (χ4v) is 4.85. The van der Waals surface area contributed by atoms with Crippen LogP contribution in [0.1, 0.15) is 28.8 Å². The van der Waals surface area contributed by atoms with Crippen LogP contribution in [0.4, 0.5) is 0 Å². The molecule has 7 nitrogen and oxygen atoms in total. The Morgan fingerprint density at radius 3 is 2.65 bits per heavy atom. The second-order valence-corrected chi connectivity index (χ2v) is 10.1. The lowest BCUT2D eigenvalue weighted by molar-refractivity contribution is 0.0507. The molecule has 1 heterocycles. The smallest absolute Gasteiger partial charge is 0.254 e. The standard InChI is InChI=1S/C22H27ClN2O5S/c1-24(2)31(27,28)21-13-17(9-10-20(21)23)22(26)25(15-19-8-5-11-30-19)14-16-6-4-7-18(12-16)29-3/h4,6-7,9-10,12-13,19H,5,8,11,14-15H2,1-3H3. The van der Waals surface area contributed by atoms with Crippen molar-refractivity contribution in [2.45, 2.75) is 30.4 Å². The van der Waals surface area contributed by atoms with Crippen LogP contribution >= 0.6 is 11.6 Å². The number of rotatable bonds is 8. The van der Waals surface area contributed by atoms with Crippen LogP contribution in [-0.2, 0) is 21.3 Å². The van der Waals surface area contributed by atoms with Crippen molar-refractivity contribution in [1.29, 1.82) is 0 Å². The summed E-state index contributed by atoms with van der Waals surface area (Å²) in [7, 11) is 0.649. The maximum Gasteiger partial charge on any atom is 0.254 e. The molecule has 1 amide bonds. The number of benzene rings is 2. The molecule has 31 heavy (non-hydrogen) atoms. The number of amides is 1. The first kappa shape index (κ1) is 23.5. The maximum atomic E-state index is 13.4. The van der Waals surface area contributed by atoms with Gasteiger partial charge in [0.05, 0.1) is 18.2 Å². The van der Waals surface area contributed by atoms with Crippen LogP contribution in [-0.4, -0.2) is 64.0 Å². The van der Waals surface area contributed by atoms with Gasteiger partial charge in [-0.3, -0.25) is 4.79 Å². The molecule has 0 bridgehead atoms. The minimum absolute atomic E-state index is 0.0492. The topological polar surface area (TPSA) is 76.1 Å². The highest BCUT2D eigenvalue weighted by Crippen LogP contribution is 2.26. The molecule has 0 radical (unpaired) electrons. The highest BCUT2D eigenvalue weighted by atomic mass is 35.5. The molecule has 1 fully saturated rings. The van der Waals surface area contributed by atoms with Crippen LogP contribution in [0, 0.1) is 0 Å². The Morgan fingerprint density at radius 2 is 2.00 bits per heavy atom. The van der Waals surface area contributed by atoms with Crippen LogP contribution < -0.4 is 4.74 Å². The molecule has 168 valence electrons. The SMILES string of the molecule is COc1cccc(CN(CC2CCCO2)C(=O)c2ccc(Cl)c(S(=O)(=O)N(C)C)c2)c1. The molecule has 0 N–H and O–H groups in total. The number of hydrogen-bond acceptors (Lipinski definition) is 5. The number of carbonyl (C=O) groups excluding carboxylic acids is 1. The summed E-state index contributed by atoms with van der Waals surface area (Å²) in [6, 6.07) is 11.8. The van der Waals surface area contributed by atoms with Crippen molar-refractivity contribution in [3.8, 4) is 5.75 Å². The van der Waals surface area contributed by atoms with Crippen molar-refractivity contribution >= 4 is 27.5 Å². The average Bonchev–Trinajstić information content (AvgIpc) is 3.26. The lowest BCUT2D eigenvalue weighted by Crippen LogP contribution is -2.37. The number of ether oxygens (including phenoxy) is 2. The van der Waals surface area contributed by atoms with Crippen LogP contribution in [0.15, 0.2) is 47.4 Å². The molecule has 1 saturated heterocycles. The Labute approximate surface area is 188 Å². The molecular formula is C22H27ClN2O5S. The van der Waals surface area contributed by atoms with Crippen LogP contribution in [0.5, 0.6) is 5.75 Å². The number of hydrogen-bond donors (Lipinski definition) is 0. The predicted molar refractivity (Wildman–Crippen MR) is 119 cm³/mol. The van der Waals surface area contributed by atoms with E-state index >= 15 is 0 Å². The second-order valence-electron chi connectivity index (χ2n) is 7.60. The first-order chi connectivity index (χ1) is 14.7. The third-order valence-electron chi connectivity index (χ3n) is 5.18. The largest absolute Gasteiger partial charge is 0.497 e. The minimum Gasteiger partial charge on any atom is -0.497 e. The fourth-order valence-electron chi connectivity index (χ4n) is 3.46. The molecule has 0 aliphatic carbocycles. The van der Waals surface area contributed by atoms with E-state index in [1.165, 1.54) is 26.2 Å². The van der Waals surface area contributed by atoms with Gasteiger partial charge in [0, 0.05) is 39.4 Å². The van der Waals surface area contributed by atoms with E-state index in [0.717, 1.165) is 22.7 Å².